The number of hydrogen-bond donors (Lipinski definition) is 3. The van der Waals surface area contributed by atoms with Gasteiger partial charge in [-0.2, -0.15) is 0 Å². The average molecular weight is 435 g/mol. The molecule has 1 aliphatic rings. The number of amides is 1. The highest BCUT2D eigenvalue weighted by Crippen LogP contribution is 2.30. The lowest BCUT2D eigenvalue weighted by atomic mass is 10.0. The number of benzene rings is 2. The maximum atomic E-state index is 12.9. The molecule has 0 radical (unpaired) electrons. The first-order valence-corrected chi connectivity index (χ1v) is 11.8. The van der Waals surface area contributed by atoms with Crippen molar-refractivity contribution in [3.63, 3.8) is 0 Å². The summed E-state index contributed by atoms with van der Waals surface area (Å²) < 4.78 is 24.0. The third-order valence-electron chi connectivity index (χ3n) is 4.95. The van der Waals surface area contributed by atoms with E-state index >= 15 is 0 Å². The summed E-state index contributed by atoms with van der Waals surface area (Å²) in [5, 5.41) is 17.3. The Bertz CT molecular complexity index is 1050. The van der Waals surface area contributed by atoms with Crippen LogP contribution in [0.2, 0.25) is 0 Å². The molecule has 2 aromatic carbocycles. The molecule has 0 aromatic heterocycles. The van der Waals surface area contributed by atoms with Gasteiger partial charge in [-0.25, -0.2) is 13.6 Å². The van der Waals surface area contributed by atoms with E-state index in [4.69, 9.17) is 5.14 Å². The van der Waals surface area contributed by atoms with Gasteiger partial charge in [0.25, 0.3) is 5.91 Å². The Morgan fingerprint density at radius 2 is 1.90 bits per heavy atom. The van der Waals surface area contributed by atoms with Crippen molar-refractivity contribution < 1.29 is 23.1 Å². The second-order valence-corrected chi connectivity index (χ2v) is 9.32. The van der Waals surface area contributed by atoms with Crippen molar-refractivity contribution in [2.45, 2.75) is 41.5 Å². The number of fused-ring (bicyclic) bond motifs is 1. The van der Waals surface area contributed by atoms with Gasteiger partial charge in [0.2, 0.25) is 10.0 Å². The number of carboxylic acid groups (broad SMARTS) is 1. The SMILES string of the molecule is CSc1ccc([C@H](CC(=O)O)NC(=O)c2cc3c(c(S(N)(=O)=O)c2)CCC3)cc1. The molecule has 0 unspecified atom stereocenters. The van der Waals surface area contributed by atoms with Gasteiger partial charge in [0.05, 0.1) is 17.4 Å². The first kappa shape index (κ1) is 21.4. The molecule has 3 rings (SSSR count). The Kier molecular flexibility index (Phi) is 6.30. The molecule has 1 atom stereocenters. The van der Waals surface area contributed by atoms with E-state index in [1.165, 1.54) is 6.07 Å². The maximum Gasteiger partial charge on any atom is 0.305 e. The van der Waals surface area contributed by atoms with E-state index in [0.29, 0.717) is 24.0 Å². The first-order chi connectivity index (χ1) is 13.7. The third-order valence-corrected chi connectivity index (χ3v) is 6.67. The zero-order valence-corrected chi connectivity index (χ0v) is 17.5. The second-order valence-electron chi connectivity index (χ2n) is 6.91. The van der Waals surface area contributed by atoms with Crippen LogP contribution >= 0.6 is 11.8 Å². The third kappa shape index (κ3) is 4.98. The number of carbonyl (C=O) groups is 2. The second kappa shape index (κ2) is 8.56. The summed E-state index contributed by atoms with van der Waals surface area (Å²) in [7, 11) is -3.97. The van der Waals surface area contributed by atoms with Gasteiger partial charge in [-0.15, -0.1) is 11.8 Å². The number of aliphatic carboxylic acids is 1. The van der Waals surface area contributed by atoms with Crippen molar-refractivity contribution in [3.05, 3.63) is 58.7 Å². The number of hydrogen-bond acceptors (Lipinski definition) is 5. The molecule has 2 aromatic rings. The van der Waals surface area contributed by atoms with E-state index in [-0.39, 0.29) is 16.9 Å². The van der Waals surface area contributed by atoms with Gasteiger partial charge in [-0.3, -0.25) is 9.59 Å². The molecule has 9 heteroatoms. The number of sulfonamides is 1. The van der Waals surface area contributed by atoms with Gasteiger partial charge in [-0.05, 0) is 66.5 Å². The Balaban J connectivity index is 1.92. The summed E-state index contributed by atoms with van der Waals surface area (Å²) in [5.41, 5.74) is 2.27. The van der Waals surface area contributed by atoms with Crippen molar-refractivity contribution in [2.75, 3.05) is 6.26 Å². The Hall–Kier alpha value is -2.36. The molecular weight excluding hydrogens is 412 g/mol. The van der Waals surface area contributed by atoms with Gasteiger partial charge in [-0.1, -0.05) is 12.1 Å². The predicted molar refractivity (Wildman–Crippen MR) is 111 cm³/mol. The van der Waals surface area contributed by atoms with Gasteiger partial charge >= 0.3 is 5.97 Å². The summed E-state index contributed by atoms with van der Waals surface area (Å²) in [6.45, 7) is 0. The predicted octanol–water partition coefficient (Wildman–Crippen LogP) is 2.49. The lowest BCUT2D eigenvalue weighted by Gasteiger charge is -2.19. The summed E-state index contributed by atoms with van der Waals surface area (Å²) in [4.78, 5) is 25.2. The zero-order chi connectivity index (χ0) is 21.2. The van der Waals surface area contributed by atoms with Crippen LogP contribution in [-0.2, 0) is 27.7 Å². The smallest absolute Gasteiger partial charge is 0.305 e. The molecule has 0 fully saturated rings. The number of carbonyl (C=O) groups excluding carboxylic acids is 1. The zero-order valence-electron chi connectivity index (χ0n) is 15.8. The quantitative estimate of drug-likeness (QED) is 0.575. The van der Waals surface area contributed by atoms with Gasteiger partial charge in [0.15, 0.2) is 0 Å². The fourth-order valence-corrected chi connectivity index (χ4v) is 4.83. The average Bonchev–Trinajstić information content (AvgIpc) is 3.14. The van der Waals surface area contributed by atoms with Crippen LogP contribution in [0.1, 0.15) is 45.9 Å². The van der Waals surface area contributed by atoms with Crippen molar-refractivity contribution in [1.82, 2.24) is 5.32 Å². The molecule has 7 nitrogen and oxygen atoms in total. The molecule has 0 aliphatic heterocycles. The number of aryl methyl sites for hydroxylation is 1. The fourth-order valence-electron chi connectivity index (χ4n) is 3.56. The first-order valence-electron chi connectivity index (χ1n) is 9.04. The summed E-state index contributed by atoms with van der Waals surface area (Å²) in [5.74, 6) is -1.59. The highest BCUT2D eigenvalue weighted by Gasteiger charge is 2.25. The molecule has 1 aliphatic carbocycles. The van der Waals surface area contributed by atoms with E-state index in [2.05, 4.69) is 5.32 Å². The van der Waals surface area contributed by atoms with Crippen LogP contribution in [0.15, 0.2) is 46.2 Å². The number of thioether (sulfide) groups is 1. The van der Waals surface area contributed by atoms with Crippen LogP contribution in [0.3, 0.4) is 0 Å². The van der Waals surface area contributed by atoms with E-state index in [0.717, 1.165) is 16.9 Å². The van der Waals surface area contributed by atoms with Crippen molar-refractivity contribution in [3.8, 4) is 0 Å². The van der Waals surface area contributed by atoms with E-state index in [1.54, 1.807) is 30.0 Å². The molecule has 29 heavy (non-hydrogen) atoms. The number of nitrogens with one attached hydrogen (secondary N) is 1. The van der Waals surface area contributed by atoms with E-state index in [1.807, 2.05) is 18.4 Å². The van der Waals surface area contributed by atoms with Crippen LogP contribution < -0.4 is 10.5 Å². The molecule has 1 amide bonds. The standard InChI is InChI=1S/C20H22N2O5S2/c1-28-15-7-5-12(6-8-15)17(11-19(23)24)22-20(25)14-9-13-3-2-4-16(13)18(10-14)29(21,26)27/h5-10,17H,2-4,11H2,1H3,(H,22,25)(H,23,24)(H2,21,26,27)/t17-/m0/s1. The Labute approximate surface area is 173 Å². The number of rotatable bonds is 7. The summed E-state index contributed by atoms with van der Waals surface area (Å²) in [6, 6.07) is 9.47. The molecule has 0 saturated carbocycles. The molecule has 4 N–H and O–H groups in total. The minimum Gasteiger partial charge on any atom is -0.481 e. The molecule has 0 spiro atoms. The van der Waals surface area contributed by atoms with Gasteiger partial charge in [0.1, 0.15) is 0 Å². The van der Waals surface area contributed by atoms with Crippen LogP contribution in [0.25, 0.3) is 0 Å². The van der Waals surface area contributed by atoms with Gasteiger partial charge < -0.3 is 10.4 Å². The highest BCUT2D eigenvalue weighted by atomic mass is 32.2. The fraction of sp³-hybridized carbons (Fsp3) is 0.300. The maximum absolute atomic E-state index is 12.9. The van der Waals surface area contributed by atoms with E-state index < -0.39 is 27.9 Å². The van der Waals surface area contributed by atoms with Crippen molar-refractivity contribution >= 4 is 33.7 Å². The minimum atomic E-state index is -3.97. The lowest BCUT2D eigenvalue weighted by Crippen LogP contribution is -2.30. The monoisotopic (exact) mass is 434 g/mol. The molecule has 0 heterocycles. The Morgan fingerprint density at radius 3 is 2.48 bits per heavy atom. The van der Waals surface area contributed by atoms with Crippen LogP contribution in [0.4, 0.5) is 0 Å². The van der Waals surface area contributed by atoms with Gasteiger partial charge in [0, 0.05) is 10.5 Å². The van der Waals surface area contributed by atoms with E-state index in [9.17, 15) is 23.1 Å². The number of primary sulfonamides is 1. The van der Waals surface area contributed by atoms with Crippen LogP contribution in [-0.4, -0.2) is 31.7 Å². The number of carboxylic acids is 1. The topological polar surface area (TPSA) is 127 Å². The summed E-state index contributed by atoms with van der Waals surface area (Å²) in [6.07, 6.45) is 3.71. The van der Waals surface area contributed by atoms with Crippen molar-refractivity contribution in [1.29, 1.82) is 0 Å². The van der Waals surface area contributed by atoms with Crippen LogP contribution in [0.5, 0.6) is 0 Å². The van der Waals surface area contributed by atoms with Crippen LogP contribution in [0, 0.1) is 0 Å². The lowest BCUT2D eigenvalue weighted by molar-refractivity contribution is -0.137. The summed E-state index contributed by atoms with van der Waals surface area (Å²) >= 11 is 1.56. The highest BCUT2D eigenvalue weighted by molar-refractivity contribution is 7.98. The number of nitrogens with two attached hydrogens (primary N) is 1. The minimum absolute atomic E-state index is 0.0308. The molecular formula is C20H22N2O5S2. The normalized spacial score (nSPS) is 14.3. The Morgan fingerprint density at radius 1 is 1.21 bits per heavy atom. The van der Waals surface area contributed by atoms with Crippen molar-refractivity contribution in [2.24, 2.45) is 5.14 Å². The molecule has 154 valence electrons. The molecule has 0 saturated heterocycles. The largest absolute Gasteiger partial charge is 0.481 e. The molecule has 0 bridgehead atoms.